The van der Waals surface area contributed by atoms with Gasteiger partial charge in [0.25, 0.3) is 0 Å². The van der Waals surface area contributed by atoms with Crippen LogP contribution >= 0.6 is 15.9 Å². The monoisotopic (exact) mass is 337 g/mol. The van der Waals surface area contributed by atoms with Gasteiger partial charge in [0.05, 0.1) is 12.6 Å². The highest BCUT2D eigenvalue weighted by molar-refractivity contribution is 9.10. The van der Waals surface area contributed by atoms with Gasteiger partial charge in [-0.3, -0.25) is 5.10 Å². The number of hydrogen-bond donors (Lipinski definition) is 3. The Hall–Kier alpha value is -1.89. The number of halogens is 1. The summed E-state index contributed by atoms with van der Waals surface area (Å²) >= 11 is 3.38. The minimum Gasteiger partial charge on any atom is -0.332 e. The van der Waals surface area contributed by atoms with Gasteiger partial charge in [-0.2, -0.15) is 5.10 Å². The molecule has 0 aliphatic rings. The number of nitrogens with one attached hydrogen (secondary N) is 3. The second-order valence-corrected chi connectivity index (χ2v) is 5.35. The lowest BCUT2D eigenvalue weighted by Gasteiger charge is -2.14. The van der Waals surface area contributed by atoms with Crippen LogP contribution in [0.1, 0.15) is 30.2 Å². The van der Waals surface area contributed by atoms with Crippen LogP contribution in [0.4, 0.5) is 4.79 Å². The van der Waals surface area contributed by atoms with Crippen molar-refractivity contribution in [3.63, 3.8) is 0 Å². The third-order valence-corrected chi connectivity index (χ3v) is 3.30. The first-order valence-corrected chi connectivity index (χ1v) is 7.01. The Morgan fingerprint density at radius 2 is 2.10 bits per heavy atom. The molecule has 6 nitrogen and oxygen atoms in total. The molecule has 1 aromatic carbocycles. The van der Waals surface area contributed by atoms with E-state index in [0.717, 1.165) is 15.9 Å². The summed E-state index contributed by atoms with van der Waals surface area (Å²) in [6.45, 7) is 4.04. The SMILES string of the molecule is Cc1nc(CNC(=O)NC(C)c2ccc(Br)cc2)n[nH]1. The highest BCUT2D eigenvalue weighted by Gasteiger charge is 2.09. The molecule has 1 heterocycles. The van der Waals surface area contributed by atoms with Crippen LogP contribution in [0.2, 0.25) is 0 Å². The second-order valence-electron chi connectivity index (χ2n) is 4.44. The molecule has 1 atom stereocenters. The van der Waals surface area contributed by atoms with Gasteiger partial charge in [0, 0.05) is 4.47 Å². The molecule has 3 N–H and O–H groups in total. The van der Waals surface area contributed by atoms with Gasteiger partial charge < -0.3 is 10.6 Å². The van der Waals surface area contributed by atoms with Gasteiger partial charge in [-0.25, -0.2) is 9.78 Å². The van der Waals surface area contributed by atoms with E-state index in [0.29, 0.717) is 12.4 Å². The minimum atomic E-state index is -0.247. The Labute approximate surface area is 125 Å². The van der Waals surface area contributed by atoms with Crippen molar-refractivity contribution in [2.24, 2.45) is 0 Å². The predicted molar refractivity (Wildman–Crippen MR) is 79.0 cm³/mol. The van der Waals surface area contributed by atoms with Crippen molar-refractivity contribution in [1.29, 1.82) is 0 Å². The quantitative estimate of drug-likeness (QED) is 0.801. The van der Waals surface area contributed by atoms with Crippen molar-refractivity contribution in [2.75, 3.05) is 0 Å². The molecule has 20 heavy (non-hydrogen) atoms. The molecule has 7 heteroatoms. The molecule has 0 aliphatic heterocycles. The molecule has 0 saturated heterocycles. The van der Waals surface area contributed by atoms with Crippen LogP contribution in [0.25, 0.3) is 0 Å². The summed E-state index contributed by atoms with van der Waals surface area (Å²) in [5.41, 5.74) is 1.04. The zero-order valence-corrected chi connectivity index (χ0v) is 12.9. The third kappa shape index (κ3) is 4.06. The average molecular weight is 338 g/mol. The third-order valence-electron chi connectivity index (χ3n) is 2.77. The van der Waals surface area contributed by atoms with E-state index in [2.05, 4.69) is 41.7 Å². The minimum absolute atomic E-state index is 0.0722. The Balaban J connectivity index is 1.83. The van der Waals surface area contributed by atoms with Crippen LogP contribution < -0.4 is 10.6 Å². The Bertz CT molecular complexity index is 581. The zero-order chi connectivity index (χ0) is 14.5. The van der Waals surface area contributed by atoms with Gasteiger partial charge in [0.1, 0.15) is 5.82 Å². The summed E-state index contributed by atoms with van der Waals surface area (Å²) in [7, 11) is 0. The van der Waals surface area contributed by atoms with E-state index >= 15 is 0 Å². The number of nitrogens with zero attached hydrogens (tertiary/aromatic N) is 2. The highest BCUT2D eigenvalue weighted by Crippen LogP contribution is 2.16. The maximum atomic E-state index is 11.8. The van der Waals surface area contributed by atoms with Crippen molar-refractivity contribution < 1.29 is 4.79 Å². The highest BCUT2D eigenvalue weighted by atomic mass is 79.9. The van der Waals surface area contributed by atoms with E-state index in [4.69, 9.17) is 0 Å². The molecule has 1 unspecified atom stereocenters. The van der Waals surface area contributed by atoms with Crippen LogP contribution in [-0.2, 0) is 6.54 Å². The van der Waals surface area contributed by atoms with Gasteiger partial charge >= 0.3 is 6.03 Å². The number of carbonyl (C=O) groups excluding carboxylic acids is 1. The number of H-pyrrole nitrogens is 1. The Morgan fingerprint density at radius 1 is 1.40 bits per heavy atom. The number of benzene rings is 1. The number of aromatic nitrogens is 3. The number of aryl methyl sites for hydroxylation is 1. The number of rotatable bonds is 4. The number of aromatic amines is 1. The van der Waals surface area contributed by atoms with Gasteiger partial charge in [-0.15, -0.1) is 0 Å². The number of carbonyl (C=O) groups is 1. The molecular weight excluding hydrogens is 322 g/mol. The number of hydrogen-bond acceptors (Lipinski definition) is 3. The molecular formula is C13H16BrN5O. The average Bonchev–Trinajstić information content (AvgIpc) is 2.83. The molecule has 106 valence electrons. The largest absolute Gasteiger partial charge is 0.332 e. The smallest absolute Gasteiger partial charge is 0.315 e. The maximum Gasteiger partial charge on any atom is 0.315 e. The fraction of sp³-hybridized carbons (Fsp3) is 0.308. The summed E-state index contributed by atoms with van der Waals surface area (Å²) < 4.78 is 1.01. The van der Waals surface area contributed by atoms with Crippen molar-refractivity contribution in [3.05, 3.63) is 46.0 Å². The molecule has 0 aliphatic carbocycles. The van der Waals surface area contributed by atoms with Crippen LogP contribution in [0.5, 0.6) is 0 Å². The summed E-state index contributed by atoms with van der Waals surface area (Å²) in [6, 6.07) is 7.50. The molecule has 2 amide bonds. The zero-order valence-electron chi connectivity index (χ0n) is 11.3. The molecule has 2 rings (SSSR count). The van der Waals surface area contributed by atoms with Crippen LogP contribution in [-0.4, -0.2) is 21.2 Å². The maximum absolute atomic E-state index is 11.8. The van der Waals surface area contributed by atoms with Crippen molar-refractivity contribution in [2.45, 2.75) is 26.4 Å². The van der Waals surface area contributed by atoms with Gasteiger partial charge in [0.2, 0.25) is 0 Å². The normalized spacial score (nSPS) is 11.9. The first-order chi connectivity index (χ1) is 9.54. The van der Waals surface area contributed by atoms with E-state index in [1.807, 2.05) is 38.1 Å². The van der Waals surface area contributed by atoms with E-state index in [1.54, 1.807) is 0 Å². The Kier molecular flexibility index (Phi) is 4.73. The molecule has 0 saturated carbocycles. The first-order valence-electron chi connectivity index (χ1n) is 6.22. The molecule has 0 bridgehead atoms. The Morgan fingerprint density at radius 3 is 2.70 bits per heavy atom. The summed E-state index contributed by atoms with van der Waals surface area (Å²) in [5, 5.41) is 12.3. The van der Waals surface area contributed by atoms with Crippen molar-refractivity contribution in [3.8, 4) is 0 Å². The lowest BCUT2D eigenvalue weighted by Crippen LogP contribution is -2.36. The standard InChI is InChI=1S/C13H16BrN5O/c1-8(10-3-5-11(14)6-4-10)16-13(20)15-7-12-17-9(2)18-19-12/h3-6,8H,7H2,1-2H3,(H2,15,16,20)(H,17,18,19). The second kappa shape index (κ2) is 6.51. The lowest BCUT2D eigenvalue weighted by atomic mass is 10.1. The lowest BCUT2D eigenvalue weighted by molar-refractivity contribution is 0.237. The summed E-state index contributed by atoms with van der Waals surface area (Å²) in [6.07, 6.45) is 0. The number of amides is 2. The molecule has 0 spiro atoms. The van der Waals surface area contributed by atoms with Crippen LogP contribution in [0, 0.1) is 6.92 Å². The van der Waals surface area contributed by atoms with Crippen LogP contribution in [0.15, 0.2) is 28.7 Å². The van der Waals surface area contributed by atoms with Gasteiger partial charge in [0.15, 0.2) is 5.82 Å². The van der Waals surface area contributed by atoms with Crippen molar-refractivity contribution in [1.82, 2.24) is 25.8 Å². The van der Waals surface area contributed by atoms with E-state index in [-0.39, 0.29) is 12.1 Å². The topological polar surface area (TPSA) is 82.7 Å². The van der Waals surface area contributed by atoms with Crippen molar-refractivity contribution >= 4 is 22.0 Å². The molecule has 2 aromatic rings. The van der Waals surface area contributed by atoms with Crippen LogP contribution in [0.3, 0.4) is 0 Å². The first kappa shape index (κ1) is 14.5. The van der Waals surface area contributed by atoms with E-state index < -0.39 is 0 Å². The summed E-state index contributed by atoms with van der Waals surface area (Å²) in [5.74, 6) is 1.29. The van der Waals surface area contributed by atoms with Gasteiger partial charge in [-0.1, -0.05) is 28.1 Å². The summed E-state index contributed by atoms with van der Waals surface area (Å²) in [4.78, 5) is 15.9. The van der Waals surface area contributed by atoms with Gasteiger partial charge in [-0.05, 0) is 31.5 Å². The van der Waals surface area contributed by atoms with E-state index in [9.17, 15) is 4.79 Å². The molecule has 1 aromatic heterocycles. The van der Waals surface area contributed by atoms with E-state index in [1.165, 1.54) is 0 Å². The number of urea groups is 1. The molecule has 0 fully saturated rings. The predicted octanol–water partition coefficient (Wildman–Crippen LogP) is 2.44. The fourth-order valence-corrected chi connectivity index (χ4v) is 1.97. The fourth-order valence-electron chi connectivity index (χ4n) is 1.71. The molecule has 0 radical (unpaired) electrons.